The van der Waals surface area contributed by atoms with Crippen LogP contribution in [0.4, 0.5) is 0 Å². The molecule has 3 aliphatic rings. The number of ether oxygens (including phenoxy) is 3. The summed E-state index contributed by atoms with van der Waals surface area (Å²) in [6.45, 7) is 1.32. The Kier molecular flexibility index (Phi) is 4.75. The summed E-state index contributed by atoms with van der Waals surface area (Å²) < 4.78 is 16.4. The molecule has 0 aromatic carbocycles. The fourth-order valence-electron chi connectivity index (χ4n) is 3.32. The maximum Gasteiger partial charge on any atom is 0.208 e. The lowest BCUT2D eigenvalue weighted by atomic mass is 9.86. The monoisotopic (exact) mass is 330 g/mol. The molecular weight excluding hydrogens is 308 g/mol. The van der Waals surface area contributed by atoms with E-state index in [0.717, 1.165) is 5.57 Å². The summed E-state index contributed by atoms with van der Waals surface area (Å²) in [6.07, 6.45) is -3.28. The zero-order valence-electron chi connectivity index (χ0n) is 12.6. The summed E-state index contributed by atoms with van der Waals surface area (Å²) >= 11 is 0. The number of aliphatic hydroxyl groups is 5. The van der Waals surface area contributed by atoms with Gasteiger partial charge in [0.15, 0.2) is 6.29 Å². The number of fused-ring (bicyclic) bond motifs is 1. The van der Waals surface area contributed by atoms with Gasteiger partial charge in [-0.15, -0.1) is 0 Å². The average Bonchev–Trinajstić information content (AvgIpc) is 2.93. The summed E-state index contributed by atoms with van der Waals surface area (Å²) in [4.78, 5) is 0. The number of hydrogen-bond acceptors (Lipinski definition) is 8. The molecule has 130 valence electrons. The molecule has 0 radical (unpaired) electrons. The lowest BCUT2D eigenvalue weighted by Crippen LogP contribution is -2.60. The zero-order valence-corrected chi connectivity index (χ0v) is 12.6. The Hall–Kier alpha value is -1.00. The van der Waals surface area contributed by atoms with Crippen molar-refractivity contribution in [3.63, 3.8) is 0 Å². The topological polar surface area (TPSA) is 129 Å². The SMILES string of the molecule is CC1=CO[C@@H](O[C@@H]2O[C@H](CO)[C@@H](O)[C@H](O)[C@H]2O)[C@@H]2C=C[C@@H](O)[C@H]12. The van der Waals surface area contributed by atoms with Gasteiger partial charge in [0.1, 0.15) is 24.4 Å². The largest absolute Gasteiger partial charge is 0.472 e. The number of aliphatic hydroxyl groups excluding tert-OH is 5. The Morgan fingerprint density at radius 1 is 1.04 bits per heavy atom. The molecule has 1 fully saturated rings. The van der Waals surface area contributed by atoms with Crippen LogP contribution < -0.4 is 0 Å². The van der Waals surface area contributed by atoms with Crippen molar-refractivity contribution in [3.05, 3.63) is 24.0 Å². The minimum Gasteiger partial charge on any atom is -0.472 e. The van der Waals surface area contributed by atoms with Crippen LogP contribution in [0.2, 0.25) is 0 Å². The molecule has 9 atom stereocenters. The van der Waals surface area contributed by atoms with E-state index >= 15 is 0 Å². The van der Waals surface area contributed by atoms with Crippen LogP contribution in [0.3, 0.4) is 0 Å². The van der Waals surface area contributed by atoms with E-state index in [-0.39, 0.29) is 11.8 Å². The second-order valence-corrected chi connectivity index (χ2v) is 6.18. The predicted octanol–water partition coefficient (Wildman–Crippen LogP) is -1.77. The Balaban J connectivity index is 1.72. The Morgan fingerprint density at radius 2 is 1.78 bits per heavy atom. The van der Waals surface area contributed by atoms with Gasteiger partial charge in [0, 0.05) is 11.8 Å². The Morgan fingerprint density at radius 3 is 2.48 bits per heavy atom. The fraction of sp³-hybridized carbons (Fsp3) is 0.733. The highest BCUT2D eigenvalue weighted by atomic mass is 16.8. The summed E-state index contributed by atoms with van der Waals surface area (Å²) in [5, 5.41) is 48.8. The highest BCUT2D eigenvalue weighted by Gasteiger charge is 2.48. The molecule has 0 aromatic rings. The van der Waals surface area contributed by atoms with Crippen molar-refractivity contribution in [2.45, 2.75) is 50.0 Å². The van der Waals surface area contributed by atoms with Gasteiger partial charge < -0.3 is 39.7 Å². The maximum absolute atomic E-state index is 10.0. The summed E-state index contributed by atoms with van der Waals surface area (Å²) in [6, 6.07) is 0. The lowest BCUT2D eigenvalue weighted by Gasteiger charge is -2.42. The summed E-state index contributed by atoms with van der Waals surface area (Å²) in [5.41, 5.74) is 0.876. The molecule has 1 aliphatic carbocycles. The first-order chi connectivity index (χ1) is 10.9. The molecule has 1 saturated heterocycles. The van der Waals surface area contributed by atoms with Crippen molar-refractivity contribution in [2.24, 2.45) is 11.8 Å². The average molecular weight is 330 g/mol. The Labute approximate surface area is 133 Å². The molecule has 0 spiro atoms. The minimum absolute atomic E-state index is 0.182. The maximum atomic E-state index is 10.0. The quantitative estimate of drug-likeness (QED) is 0.384. The molecular formula is C15H22O8. The van der Waals surface area contributed by atoms with Gasteiger partial charge in [0.25, 0.3) is 0 Å². The van der Waals surface area contributed by atoms with E-state index < -0.39 is 49.7 Å². The van der Waals surface area contributed by atoms with Gasteiger partial charge in [0.05, 0.1) is 19.0 Å². The van der Waals surface area contributed by atoms with Crippen molar-refractivity contribution < 1.29 is 39.7 Å². The fourth-order valence-corrected chi connectivity index (χ4v) is 3.32. The normalized spacial score (nSPS) is 49.5. The molecule has 2 aliphatic heterocycles. The van der Waals surface area contributed by atoms with E-state index in [1.165, 1.54) is 6.26 Å². The lowest BCUT2D eigenvalue weighted by molar-refractivity contribution is -0.339. The molecule has 0 unspecified atom stereocenters. The molecule has 0 bridgehead atoms. The summed E-state index contributed by atoms with van der Waals surface area (Å²) in [5.74, 6) is -0.444. The van der Waals surface area contributed by atoms with Crippen molar-refractivity contribution in [3.8, 4) is 0 Å². The number of rotatable bonds is 3. The van der Waals surface area contributed by atoms with Crippen LogP contribution in [-0.4, -0.2) is 75.2 Å². The van der Waals surface area contributed by atoms with Gasteiger partial charge in [0.2, 0.25) is 6.29 Å². The van der Waals surface area contributed by atoms with Crippen molar-refractivity contribution in [2.75, 3.05) is 6.61 Å². The van der Waals surface area contributed by atoms with E-state index in [1.54, 1.807) is 12.2 Å². The molecule has 8 nitrogen and oxygen atoms in total. The van der Waals surface area contributed by atoms with Crippen LogP contribution in [0.1, 0.15) is 6.92 Å². The highest BCUT2D eigenvalue weighted by Crippen LogP contribution is 2.40. The van der Waals surface area contributed by atoms with Crippen LogP contribution in [0, 0.1) is 11.8 Å². The summed E-state index contributed by atoms with van der Waals surface area (Å²) in [7, 11) is 0. The van der Waals surface area contributed by atoms with Gasteiger partial charge in [-0.1, -0.05) is 12.2 Å². The second kappa shape index (κ2) is 6.48. The highest BCUT2D eigenvalue weighted by molar-refractivity contribution is 5.21. The van der Waals surface area contributed by atoms with Crippen molar-refractivity contribution >= 4 is 0 Å². The third-order valence-electron chi connectivity index (χ3n) is 4.66. The van der Waals surface area contributed by atoms with Crippen molar-refractivity contribution in [1.82, 2.24) is 0 Å². The standard InChI is InChI=1S/C15H22O8/c1-6-5-21-14(7-2-3-8(17)10(6)7)23-15-13(20)12(19)11(18)9(4-16)22-15/h2-3,5,7-20H,4H2,1H3/t7-,8-,9-,10-,11-,12+,13-,14+,15+/m1/s1. The van der Waals surface area contributed by atoms with E-state index in [0.29, 0.717) is 0 Å². The second-order valence-electron chi connectivity index (χ2n) is 6.18. The number of hydrogen-bond donors (Lipinski definition) is 5. The zero-order chi connectivity index (χ0) is 16.7. The smallest absolute Gasteiger partial charge is 0.208 e. The molecule has 0 saturated carbocycles. The van der Waals surface area contributed by atoms with Gasteiger partial charge in [-0.05, 0) is 12.5 Å². The van der Waals surface area contributed by atoms with Crippen LogP contribution >= 0.6 is 0 Å². The molecule has 3 rings (SSSR count). The van der Waals surface area contributed by atoms with Crippen LogP contribution in [0.15, 0.2) is 24.0 Å². The molecule has 5 N–H and O–H groups in total. The van der Waals surface area contributed by atoms with Crippen LogP contribution in [0.5, 0.6) is 0 Å². The first kappa shape index (κ1) is 16.8. The van der Waals surface area contributed by atoms with Gasteiger partial charge in [-0.2, -0.15) is 0 Å². The Bertz CT molecular complexity index is 490. The molecule has 2 heterocycles. The molecule has 23 heavy (non-hydrogen) atoms. The van der Waals surface area contributed by atoms with Gasteiger partial charge in [-0.3, -0.25) is 0 Å². The van der Waals surface area contributed by atoms with E-state index in [2.05, 4.69) is 0 Å². The molecule has 0 aromatic heterocycles. The molecule has 0 amide bonds. The predicted molar refractivity (Wildman–Crippen MR) is 75.6 cm³/mol. The first-order valence-corrected chi connectivity index (χ1v) is 7.58. The van der Waals surface area contributed by atoms with Gasteiger partial charge in [-0.25, -0.2) is 0 Å². The first-order valence-electron chi connectivity index (χ1n) is 7.58. The third kappa shape index (κ3) is 2.91. The molecule has 8 heteroatoms. The van der Waals surface area contributed by atoms with Gasteiger partial charge >= 0.3 is 0 Å². The van der Waals surface area contributed by atoms with E-state index in [4.69, 9.17) is 14.2 Å². The third-order valence-corrected chi connectivity index (χ3v) is 4.66. The van der Waals surface area contributed by atoms with Crippen LogP contribution in [0.25, 0.3) is 0 Å². The van der Waals surface area contributed by atoms with Crippen molar-refractivity contribution in [1.29, 1.82) is 0 Å². The van der Waals surface area contributed by atoms with Crippen LogP contribution in [-0.2, 0) is 14.2 Å². The van der Waals surface area contributed by atoms with E-state index in [1.807, 2.05) is 6.92 Å². The van der Waals surface area contributed by atoms with E-state index in [9.17, 15) is 25.5 Å². The minimum atomic E-state index is -1.51.